The summed E-state index contributed by atoms with van der Waals surface area (Å²) in [4.78, 5) is 38.3. The number of rotatable bonds is 7. The summed E-state index contributed by atoms with van der Waals surface area (Å²) in [6, 6.07) is 4.43. The van der Waals surface area contributed by atoms with Crippen LogP contribution in [0.15, 0.2) is 23.3 Å². The number of nitrogens with zero attached hydrogens (tertiary/aromatic N) is 3. The number of carbonyl (C=O) groups excluding carboxylic acids is 3. The average molecular weight is 418 g/mol. The molecule has 1 N–H and O–H groups in total. The Morgan fingerprint density at radius 1 is 1.30 bits per heavy atom. The second-order valence-electron chi connectivity index (χ2n) is 7.17. The summed E-state index contributed by atoms with van der Waals surface area (Å²) in [5, 5.41) is 7.48. The van der Waals surface area contributed by atoms with Gasteiger partial charge in [0.15, 0.2) is 18.1 Å². The first-order chi connectivity index (χ1) is 14.4. The lowest BCUT2D eigenvalue weighted by molar-refractivity contribution is -0.137. The minimum atomic E-state index is -0.948. The number of methoxy groups -OCH3 is 1. The first-order valence-electron chi connectivity index (χ1n) is 9.75. The first kappa shape index (κ1) is 21.6. The largest absolute Gasteiger partial charge is 0.493 e. The molecule has 1 aromatic rings. The van der Waals surface area contributed by atoms with E-state index in [1.165, 1.54) is 13.3 Å². The van der Waals surface area contributed by atoms with E-state index in [4.69, 9.17) is 14.2 Å². The molecule has 162 valence electrons. The van der Waals surface area contributed by atoms with Gasteiger partial charge in [0.1, 0.15) is 5.54 Å². The molecule has 0 spiro atoms. The maximum Gasteiger partial charge on any atom is 0.346 e. The molecular weight excluding hydrogens is 392 g/mol. The van der Waals surface area contributed by atoms with Crippen molar-refractivity contribution in [2.24, 2.45) is 5.10 Å². The lowest BCUT2D eigenvalue weighted by Gasteiger charge is -2.26. The van der Waals surface area contributed by atoms with Crippen LogP contribution in [0.25, 0.3) is 0 Å². The predicted octanol–water partition coefficient (Wildman–Crippen LogP) is 0.987. The zero-order chi connectivity index (χ0) is 21.7. The number of urea groups is 1. The lowest BCUT2D eigenvalue weighted by Crippen LogP contribution is -2.43. The van der Waals surface area contributed by atoms with Gasteiger partial charge in [0.05, 0.1) is 26.5 Å². The molecule has 2 heterocycles. The summed E-state index contributed by atoms with van der Waals surface area (Å²) in [7, 11) is 1.48. The number of carbonyl (C=O) groups is 3. The van der Waals surface area contributed by atoms with Gasteiger partial charge in [-0.05, 0) is 37.1 Å². The molecule has 0 aliphatic carbocycles. The van der Waals surface area contributed by atoms with Crippen molar-refractivity contribution in [2.45, 2.75) is 25.8 Å². The van der Waals surface area contributed by atoms with Gasteiger partial charge < -0.3 is 24.4 Å². The second kappa shape index (κ2) is 9.12. The number of hydrazone groups is 1. The second-order valence-corrected chi connectivity index (χ2v) is 7.17. The average Bonchev–Trinajstić information content (AvgIpc) is 2.99. The Morgan fingerprint density at radius 3 is 2.67 bits per heavy atom. The SMILES string of the molecule is CCC1(C)NC(=O)N(/N=C/c2ccc(OCC(=O)N3CCOCC3)c(OC)c2)C1=O. The monoisotopic (exact) mass is 418 g/mol. The van der Waals surface area contributed by atoms with Gasteiger partial charge in [-0.2, -0.15) is 5.10 Å². The van der Waals surface area contributed by atoms with Crippen LogP contribution in [0.2, 0.25) is 0 Å². The van der Waals surface area contributed by atoms with Gasteiger partial charge in [0.25, 0.3) is 11.8 Å². The van der Waals surface area contributed by atoms with Gasteiger partial charge >= 0.3 is 6.03 Å². The molecule has 1 aromatic carbocycles. The molecule has 0 aromatic heterocycles. The fourth-order valence-corrected chi connectivity index (χ4v) is 3.06. The van der Waals surface area contributed by atoms with E-state index in [1.54, 1.807) is 30.0 Å². The van der Waals surface area contributed by atoms with E-state index in [-0.39, 0.29) is 12.5 Å². The molecule has 10 nitrogen and oxygen atoms in total. The summed E-state index contributed by atoms with van der Waals surface area (Å²) in [5.41, 5.74) is -0.346. The topological polar surface area (TPSA) is 110 Å². The van der Waals surface area contributed by atoms with E-state index in [0.29, 0.717) is 49.8 Å². The predicted molar refractivity (Wildman–Crippen MR) is 108 cm³/mol. The summed E-state index contributed by atoms with van der Waals surface area (Å²) < 4.78 is 16.2. The maximum atomic E-state index is 12.4. The normalized spacial score (nSPS) is 21.8. The van der Waals surface area contributed by atoms with Crippen LogP contribution in [-0.4, -0.2) is 79.5 Å². The lowest BCUT2D eigenvalue weighted by atomic mass is 10.00. The third-order valence-corrected chi connectivity index (χ3v) is 5.17. The molecule has 2 aliphatic rings. The molecular formula is C20H26N4O6. The Morgan fingerprint density at radius 2 is 2.03 bits per heavy atom. The molecule has 1 atom stereocenters. The molecule has 3 rings (SSSR count). The van der Waals surface area contributed by atoms with E-state index < -0.39 is 17.5 Å². The van der Waals surface area contributed by atoms with Gasteiger partial charge in [0, 0.05) is 13.1 Å². The number of ether oxygens (including phenoxy) is 3. The fourth-order valence-electron chi connectivity index (χ4n) is 3.06. The number of hydrogen-bond donors (Lipinski definition) is 1. The zero-order valence-electron chi connectivity index (χ0n) is 17.3. The van der Waals surface area contributed by atoms with Crippen LogP contribution in [0.1, 0.15) is 25.8 Å². The van der Waals surface area contributed by atoms with Crippen LogP contribution in [0, 0.1) is 0 Å². The minimum Gasteiger partial charge on any atom is -0.493 e. The summed E-state index contributed by atoms with van der Waals surface area (Å²) >= 11 is 0. The van der Waals surface area contributed by atoms with Gasteiger partial charge in [-0.3, -0.25) is 9.59 Å². The van der Waals surface area contributed by atoms with Crippen LogP contribution in [0.3, 0.4) is 0 Å². The van der Waals surface area contributed by atoms with Crippen molar-refractivity contribution >= 4 is 24.1 Å². The maximum absolute atomic E-state index is 12.4. The summed E-state index contributed by atoms with van der Waals surface area (Å²) in [6.45, 7) is 5.52. The van der Waals surface area contributed by atoms with Crippen molar-refractivity contribution in [1.29, 1.82) is 0 Å². The standard InChI is InChI=1S/C20H26N4O6/c1-4-20(2)18(26)24(19(27)22-20)21-12-14-5-6-15(16(11-14)28-3)30-13-17(25)23-7-9-29-10-8-23/h5-6,11-12H,4,7-10,13H2,1-3H3,(H,22,27)/b21-12+. The van der Waals surface area contributed by atoms with Crippen LogP contribution in [0.4, 0.5) is 4.79 Å². The summed E-state index contributed by atoms with van der Waals surface area (Å²) in [5.74, 6) is 0.289. The van der Waals surface area contributed by atoms with Crippen LogP contribution in [-0.2, 0) is 14.3 Å². The van der Waals surface area contributed by atoms with Crippen molar-refractivity contribution in [3.05, 3.63) is 23.8 Å². The molecule has 10 heteroatoms. The number of benzene rings is 1. The smallest absolute Gasteiger partial charge is 0.346 e. The Hall–Kier alpha value is -3.14. The fraction of sp³-hybridized carbons (Fsp3) is 0.500. The first-order valence-corrected chi connectivity index (χ1v) is 9.75. The molecule has 30 heavy (non-hydrogen) atoms. The number of amides is 4. The van der Waals surface area contributed by atoms with Crippen LogP contribution in [0.5, 0.6) is 11.5 Å². The highest BCUT2D eigenvalue weighted by atomic mass is 16.5. The molecule has 0 saturated carbocycles. The number of imide groups is 1. The van der Waals surface area contributed by atoms with Crippen molar-refractivity contribution in [1.82, 2.24) is 15.2 Å². The van der Waals surface area contributed by atoms with Gasteiger partial charge in [-0.1, -0.05) is 6.92 Å². The van der Waals surface area contributed by atoms with E-state index in [0.717, 1.165) is 5.01 Å². The zero-order valence-corrected chi connectivity index (χ0v) is 17.3. The Labute approximate surface area is 174 Å². The number of hydrogen-bond acceptors (Lipinski definition) is 7. The van der Waals surface area contributed by atoms with Crippen LogP contribution < -0.4 is 14.8 Å². The highest BCUT2D eigenvalue weighted by Crippen LogP contribution is 2.28. The van der Waals surface area contributed by atoms with Crippen molar-refractivity contribution < 1.29 is 28.6 Å². The van der Waals surface area contributed by atoms with Gasteiger partial charge in [-0.25, -0.2) is 4.79 Å². The van der Waals surface area contributed by atoms with Crippen molar-refractivity contribution in [3.8, 4) is 11.5 Å². The number of nitrogens with one attached hydrogen (secondary N) is 1. The minimum absolute atomic E-state index is 0.109. The molecule has 0 bridgehead atoms. The van der Waals surface area contributed by atoms with E-state index in [2.05, 4.69) is 10.4 Å². The third-order valence-electron chi connectivity index (χ3n) is 5.17. The molecule has 2 aliphatic heterocycles. The van der Waals surface area contributed by atoms with Crippen molar-refractivity contribution in [3.63, 3.8) is 0 Å². The van der Waals surface area contributed by atoms with Gasteiger partial charge in [-0.15, -0.1) is 5.01 Å². The Bertz CT molecular complexity index is 852. The van der Waals surface area contributed by atoms with Crippen LogP contribution >= 0.6 is 0 Å². The third kappa shape index (κ3) is 4.54. The highest BCUT2D eigenvalue weighted by Gasteiger charge is 2.46. The Balaban J connectivity index is 1.65. The van der Waals surface area contributed by atoms with E-state index in [1.807, 2.05) is 6.92 Å². The van der Waals surface area contributed by atoms with Gasteiger partial charge in [0.2, 0.25) is 0 Å². The van der Waals surface area contributed by atoms with E-state index in [9.17, 15) is 14.4 Å². The number of morpholine rings is 1. The molecule has 1 unspecified atom stereocenters. The van der Waals surface area contributed by atoms with Crippen molar-refractivity contribution in [2.75, 3.05) is 40.0 Å². The summed E-state index contributed by atoms with van der Waals surface area (Å²) in [6.07, 6.45) is 1.86. The highest BCUT2D eigenvalue weighted by molar-refractivity contribution is 6.07. The molecule has 4 amide bonds. The quantitative estimate of drug-likeness (QED) is 0.522. The molecule has 2 saturated heterocycles. The van der Waals surface area contributed by atoms with E-state index >= 15 is 0 Å². The molecule has 2 fully saturated rings. The molecule has 0 radical (unpaired) electrons. The Kier molecular flexibility index (Phi) is 6.56.